The minimum Gasteiger partial charge on any atom is -0.490 e. The smallest absolute Gasteiger partial charge is 0.241 e. The zero-order valence-corrected chi connectivity index (χ0v) is 18.4. The molecule has 1 amide bonds. The Morgan fingerprint density at radius 1 is 1.09 bits per heavy atom. The first kappa shape index (κ1) is 20.6. The van der Waals surface area contributed by atoms with Crippen molar-refractivity contribution in [1.82, 2.24) is 29.8 Å². The number of nitrogens with zero attached hydrogens (tertiary/aromatic N) is 7. The van der Waals surface area contributed by atoms with E-state index in [0.29, 0.717) is 31.2 Å². The van der Waals surface area contributed by atoms with Crippen molar-refractivity contribution in [3.63, 3.8) is 0 Å². The monoisotopic (exact) mass is 433 g/mol. The summed E-state index contributed by atoms with van der Waals surface area (Å²) >= 11 is 0. The molecule has 0 saturated carbocycles. The number of carbonyl (C=O) groups is 1. The van der Waals surface area contributed by atoms with E-state index >= 15 is 0 Å². The van der Waals surface area contributed by atoms with Gasteiger partial charge in [-0.1, -0.05) is 11.3 Å². The van der Waals surface area contributed by atoms with Gasteiger partial charge >= 0.3 is 0 Å². The summed E-state index contributed by atoms with van der Waals surface area (Å²) in [6.07, 6.45) is 1.85. The molecular formula is C23H27N7O2. The van der Waals surface area contributed by atoms with E-state index in [1.165, 1.54) is 0 Å². The molecule has 1 fully saturated rings. The maximum absolute atomic E-state index is 13.2. The summed E-state index contributed by atoms with van der Waals surface area (Å²) in [7, 11) is 2.12. The van der Waals surface area contributed by atoms with Crippen LogP contribution in [0.1, 0.15) is 5.69 Å². The van der Waals surface area contributed by atoms with Crippen molar-refractivity contribution in [3.8, 4) is 22.8 Å². The van der Waals surface area contributed by atoms with Crippen molar-refractivity contribution in [2.24, 2.45) is 0 Å². The SMILES string of the molecule is Cc1cccc(-n2cc(-c3ccc4c(c3)N(C(=O)CN3CCN(C)CC3)CCO4)nn2)n1. The highest BCUT2D eigenvalue weighted by Crippen LogP contribution is 2.35. The van der Waals surface area contributed by atoms with Crippen LogP contribution in [0.4, 0.5) is 5.69 Å². The minimum absolute atomic E-state index is 0.101. The summed E-state index contributed by atoms with van der Waals surface area (Å²) in [5.74, 6) is 1.54. The van der Waals surface area contributed by atoms with E-state index in [9.17, 15) is 4.79 Å². The fourth-order valence-corrected chi connectivity index (χ4v) is 4.08. The Balaban J connectivity index is 1.38. The van der Waals surface area contributed by atoms with Crippen LogP contribution in [0.25, 0.3) is 17.1 Å². The maximum Gasteiger partial charge on any atom is 0.241 e. The van der Waals surface area contributed by atoms with Crippen molar-refractivity contribution in [1.29, 1.82) is 0 Å². The zero-order valence-electron chi connectivity index (χ0n) is 18.4. The lowest BCUT2D eigenvalue weighted by molar-refractivity contribution is -0.120. The Hall–Kier alpha value is -3.30. The molecule has 9 heteroatoms. The Kier molecular flexibility index (Phi) is 5.59. The first-order chi connectivity index (χ1) is 15.6. The van der Waals surface area contributed by atoms with Gasteiger partial charge in [-0.3, -0.25) is 9.69 Å². The molecule has 166 valence electrons. The highest BCUT2D eigenvalue weighted by atomic mass is 16.5. The third kappa shape index (κ3) is 4.21. The quantitative estimate of drug-likeness (QED) is 0.618. The highest BCUT2D eigenvalue weighted by Gasteiger charge is 2.27. The van der Waals surface area contributed by atoms with Gasteiger partial charge in [0.1, 0.15) is 18.1 Å². The van der Waals surface area contributed by atoms with E-state index in [2.05, 4.69) is 32.1 Å². The third-order valence-corrected chi connectivity index (χ3v) is 5.98. The molecular weight excluding hydrogens is 406 g/mol. The van der Waals surface area contributed by atoms with Gasteiger partial charge in [-0.15, -0.1) is 5.10 Å². The highest BCUT2D eigenvalue weighted by molar-refractivity contribution is 5.97. The number of ether oxygens (including phenoxy) is 1. The Morgan fingerprint density at radius 2 is 1.94 bits per heavy atom. The van der Waals surface area contributed by atoms with E-state index in [1.807, 2.05) is 54.4 Å². The van der Waals surface area contributed by atoms with Crippen molar-refractivity contribution in [2.75, 3.05) is 57.8 Å². The summed E-state index contributed by atoms with van der Waals surface area (Å²) in [5.41, 5.74) is 3.30. The number of hydrogen-bond acceptors (Lipinski definition) is 7. The molecule has 0 aliphatic carbocycles. The van der Waals surface area contributed by atoms with E-state index in [-0.39, 0.29) is 5.91 Å². The van der Waals surface area contributed by atoms with Gasteiger partial charge in [0, 0.05) is 37.4 Å². The van der Waals surface area contributed by atoms with Crippen molar-refractivity contribution in [3.05, 3.63) is 48.3 Å². The molecule has 1 saturated heterocycles. The molecule has 0 bridgehead atoms. The molecule has 0 atom stereocenters. The van der Waals surface area contributed by atoms with Gasteiger partial charge in [-0.2, -0.15) is 0 Å². The molecule has 32 heavy (non-hydrogen) atoms. The summed E-state index contributed by atoms with van der Waals surface area (Å²) in [5, 5.41) is 8.56. The second-order valence-corrected chi connectivity index (χ2v) is 8.34. The lowest BCUT2D eigenvalue weighted by Crippen LogP contribution is -2.50. The normalized spacial score (nSPS) is 17.1. The number of aryl methyl sites for hydroxylation is 1. The molecule has 5 rings (SSSR count). The van der Waals surface area contributed by atoms with Crippen LogP contribution in [0.2, 0.25) is 0 Å². The summed E-state index contributed by atoms with van der Waals surface area (Å²) in [6, 6.07) is 11.6. The number of piperazine rings is 1. The zero-order chi connectivity index (χ0) is 22.1. The molecule has 3 aromatic rings. The van der Waals surface area contributed by atoms with Crippen LogP contribution in [0, 0.1) is 6.92 Å². The number of aromatic nitrogens is 4. The Bertz CT molecular complexity index is 1120. The largest absolute Gasteiger partial charge is 0.490 e. The number of hydrogen-bond donors (Lipinski definition) is 0. The lowest BCUT2D eigenvalue weighted by atomic mass is 10.1. The van der Waals surface area contributed by atoms with Crippen LogP contribution < -0.4 is 9.64 Å². The first-order valence-corrected chi connectivity index (χ1v) is 10.9. The predicted molar refractivity (Wildman–Crippen MR) is 121 cm³/mol. The molecule has 9 nitrogen and oxygen atoms in total. The molecule has 2 aliphatic heterocycles. The third-order valence-electron chi connectivity index (χ3n) is 5.98. The fraction of sp³-hybridized carbons (Fsp3) is 0.391. The number of pyridine rings is 1. The van der Waals surface area contributed by atoms with Crippen LogP contribution >= 0.6 is 0 Å². The van der Waals surface area contributed by atoms with Gasteiger partial charge in [0.15, 0.2) is 5.82 Å². The number of rotatable bonds is 4. The molecule has 0 radical (unpaired) electrons. The van der Waals surface area contributed by atoms with Crippen LogP contribution in [0.5, 0.6) is 5.75 Å². The minimum atomic E-state index is 0.101. The van der Waals surface area contributed by atoms with Crippen molar-refractivity contribution >= 4 is 11.6 Å². The second-order valence-electron chi connectivity index (χ2n) is 8.34. The Labute approximate surface area is 187 Å². The Morgan fingerprint density at radius 3 is 2.75 bits per heavy atom. The summed E-state index contributed by atoms with van der Waals surface area (Å²) < 4.78 is 7.48. The van der Waals surface area contributed by atoms with Crippen LogP contribution in [-0.2, 0) is 4.79 Å². The maximum atomic E-state index is 13.2. The lowest BCUT2D eigenvalue weighted by Gasteiger charge is -2.35. The van der Waals surface area contributed by atoms with Gasteiger partial charge in [-0.05, 0) is 44.3 Å². The summed E-state index contributed by atoms with van der Waals surface area (Å²) in [6.45, 7) is 7.21. The summed E-state index contributed by atoms with van der Waals surface area (Å²) in [4.78, 5) is 24.0. The molecule has 2 aliphatic rings. The second kappa shape index (κ2) is 8.68. The van der Waals surface area contributed by atoms with Gasteiger partial charge in [0.2, 0.25) is 5.91 Å². The molecule has 2 aromatic heterocycles. The molecule has 0 spiro atoms. The average Bonchev–Trinajstić information content (AvgIpc) is 3.30. The van der Waals surface area contributed by atoms with Gasteiger partial charge < -0.3 is 14.5 Å². The molecule has 1 aromatic carbocycles. The van der Waals surface area contributed by atoms with Gasteiger partial charge in [0.25, 0.3) is 0 Å². The fourth-order valence-electron chi connectivity index (χ4n) is 4.08. The molecule has 4 heterocycles. The van der Waals surface area contributed by atoms with Crippen LogP contribution in [-0.4, -0.2) is 88.6 Å². The first-order valence-electron chi connectivity index (χ1n) is 10.9. The van der Waals surface area contributed by atoms with Crippen molar-refractivity contribution in [2.45, 2.75) is 6.92 Å². The number of benzene rings is 1. The molecule has 0 N–H and O–H groups in total. The standard InChI is InChI=1S/C23H27N7O2/c1-17-4-3-5-22(24-17)30-15-19(25-26-30)18-6-7-21-20(14-18)29(12-13-32-21)23(31)16-28-10-8-27(2)9-11-28/h3-7,14-15H,8-13,16H2,1-2H3. The number of likely N-dealkylation sites (N-methyl/N-ethyl adjacent to an activating group) is 1. The van der Waals surface area contributed by atoms with Gasteiger partial charge in [-0.25, -0.2) is 9.67 Å². The topological polar surface area (TPSA) is 79.6 Å². The number of carbonyl (C=O) groups excluding carboxylic acids is 1. The van der Waals surface area contributed by atoms with Gasteiger partial charge in [0.05, 0.1) is 25.0 Å². The number of fused-ring (bicyclic) bond motifs is 1. The van der Waals surface area contributed by atoms with E-state index in [0.717, 1.165) is 48.9 Å². The van der Waals surface area contributed by atoms with Crippen LogP contribution in [0.15, 0.2) is 42.6 Å². The van der Waals surface area contributed by atoms with Crippen LogP contribution in [0.3, 0.4) is 0 Å². The van der Waals surface area contributed by atoms with Crippen molar-refractivity contribution < 1.29 is 9.53 Å². The van der Waals surface area contributed by atoms with E-state index in [1.54, 1.807) is 4.68 Å². The predicted octanol–water partition coefficient (Wildman–Crippen LogP) is 1.61. The average molecular weight is 434 g/mol. The van der Waals surface area contributed by atoms with E-state index in [4.69, 9.17) is 4.74 Å². The number of anilines is 1. The number of amides is 1. The molecule has 0 unspecified atom stereocenters. The van der Waals surface area contributed by atoms with E-state index < -0.39 is 0 Å².